The quantitative estimate of drug-likeness (QED) is 0.719. The van der Waals surface area contributed by atoms with Crippen LogP contribution in [0.1, 0.15) is 38.2 Å². The molecule has 0 radical (unpaired) electrons. The van der Waals surface area contributed by atoms with Crippen LogP contribution in [-0.4, -0.2) is 38.1 Å². The number of ether oxygens (including phenoxy) is 2. The van der Waals surface area contributed by atoms with Gasteiger partial charge in [0, 0.05) is 41.4 Å². The zero-order chi connectivity index (χ0) is 21.3. The highest BCUT2D eigenvalue weighted by atomic mass is 79.9. The third kappa shape index (κ3) is 3.92. The van der Waals surface area contributed by atoms with Crippen LogP contribution in [0, 0.1) is 16.7 Å². The molecule has 2 N–H and O–H groups in total. The van der Waals surface area contributed by atoms with Crippen molar-refractivity contribution in [2.75, 3.05) is 27.4 Å². The number of methoxy groups -OCH3 is 2. The van der Waals surface area contributed by atoms with Gasteiger partial charge >= 0.3 is 0 Å². The lowest BCUT2D eigenvalue weighted by Crippen LogP contribution is -2.43. The van der Waals surface area contributed by atoms with E-state index in [4.69, 9.17) is 15.2 Å². The number of Topliss-reactive ketones (excluding diaryl/α,β-unsaturated/α-hetero) is 1. The molecule has 1 aromatic carbocycles. The Hall–Kier alpha value is -2.30. The minimum atomic E-state index is -0.551. The summed E-state index contributed by atoms with van der Waals surface area (Å²) < 4.78 is 11.7. The average molecular weight is 460 g/mol. The molecule has 6 nitrogen and oxygen atoms in total. The predicted octanol–water partition coefficient (Wildman–Crippen LogP) is 3.84. The maximum Gasteiger partial charge on any atom is 0.162 e. The molecule has 0 saturated carbocycles. The van der Waals surface area contributed by atoms with Crippen molar-refractivity contribution in [3.8, 4) is 11.8 Å². The SMILES string of the molecule is COCCN1C(N)=C(C#N)[C@@H](c2cc(Br)ccc2OC)C2=C1CC(C)(C)CC2=O. The van der Waals surface area contributed by atoms with Crippen LogP contribution in [0.5, 0.6) is 5.75 Å². The summed E-state index contributed by atoms with van der Waals surface area (Å²) in [6.45, 7) is 5.09. The van der Waals surface area contributed by atoms with Crippen molar-refractivity contribution in [3.05, 3.63) is 50.9 Å². The third-order valence-electron chi connectivity index (χ3n) is 5.51. The minimum Gasteiger partial charge on any atom is -0.496 e. The van der Waals surface area contributed by atoms with E-state index in [1.54, 1.807) is 14.2 Å². The van der Waals surface area contributed by atoms with Crippen molar-refractivity contribution in [1.29, 1.82) is 5.26 Å². The van der Waals surface area contributed by atoms with Gasteiger partial charge in [-0.2, -0.15) is 5.26 Å². The Morgan fingerprint density at radius 1 is 1.34 bits per heavy atom. The van der Waals surface area contributed by atoms with Crippen LogP contribution >= 0.6 is 15.9 Å². The largest absolute Gasteiger partial charge is 0.496 e. The van der Waals surface area contributed by atoms with E-state index in [-0.39, 0.29) is 11.2 Å². The van der Waals surface area contributed by atoms with Gasteiger partial charge in [0.05, 0.1) is 31.3 Å². The van der Waals surface area contributed by atoms with Crippen molar-refractivity contribution < 1.29 is 14.3 Å². The second-order valence-corrected chi connectivity index (χ2v) is 9.09. The van der Waals surface area contributed by atoms with Crippen molar-refractivity contribution in [2.45, 2.75) is 32.6 Å². The molecule has 1 atom stereocenters. The van der Waals surface area contributed by atoms with Gasteiger partial charge in [0.2, 0.25) is 0 Å². The summed E-state index contributed by atoms with van der Waals surface area (Å²) in [7, 11) is 3.20. The summed E-state index contributed by atoms with van der Waals surface area (Å²) in [4.78, 5) is 15.2. The number of rotatable bonds is 5. The van der Waals surface area contributed by atoms with E-state index in [2.05, 4.69) is 35.8 Å². The molecule has 0 spiro atoms. The zero-order valence-corrected chi connectivity index (χ0v) is 18.8. The first-order valence-electron chi connectivity index (χ1n) is 9.50. The molecule has 29 heavy (non-hydrogen) atoms. The van der Waals surface area contributed by atoms with E-state index < -0.39 is 5.92 Å². The number of ketones is 1. The normalized spacial score (nSPS) is 21.2. The molecule has 7 heteroatoms. The minimum absolute atomic E-state index is 0.0472. The molecule has 1 aliphatic carbocycles. The van der Waals surface area contributed by atoms with Gasteiger partial charge in [0.25, 0.3) is 0 Å². The smallest absolute Gasteiger partial charge is 0.162 e. The van der Waals surface area contributed by atoms with Crippen LogP contribution in [0.15, 0.2) is 45.3 Å². The Bertz CT molecular complexity index is 943. The number of nitrogens with two attached hydrogens (primary N) is 1. The van der Waals surface area contributed by atoms with Crippen LogP contribution in [-0.2, 0) is 9.53 Å². The van der Waals surface area contributed by atoms with Crippen LogP contribution < -0.4 is 10.5 Å². The van der Waals surface area contributed by atoms with Gasteiger partial charge in [-0.05, 0) is 30.0 Å². The van der Waals surface area contributed by atoms with Gasteiger partial charge < -0.3 is 20.1 Å². The monoisotopic (exact) mass is 459 g/mol. The Morgan fingerprint density at radius 3 is 2.69 bits per heavy atom. The van der Waals surface area contributed by atoms with Gasteiger partial charge in [-0.25, -0.2) is 0 Å². The second kappa shape index (κ2) is 8.21. The van der Waals surface area contributed by atoms with Gasteiger partial charge in [0.15, 0.2) is 5.78 Å². The molecular formula is C22H26BrN3O3. The van der Waals surface area contributed by atoms with Crippen LogP contribution in [0.3, 0.4) is 0 Å². The fraction of sp³-hybridized carbons (Fsp3) is 0.455. The number of carbonyl (C=O) groups excluding carboxylic acids is 1. The molecule has 154 valence electrons. The lowest BCUT2D eigenvalue weighted by atomic mass is 9.68. The number of nitriles is 1. The molecule has 0 bridgehead atoms. The van der Waals surface area contributed by atoms with E-state index in [9.17, 15) is 10.1 Å². The van der Waals surface area contributed by atoms with Crippen LogP contribution in [0.25, 0.3) is 0 Å². The van der Waals surface area contributed by atoms with E-state index in [0.29, 0.717) is 48.7 Å². The molecule has 0 saturated heterocycles. The van der Waals surface area contributed by atoms with Crippen molar-refractivity contribution >= 4 is 21.7 Å². The predicted molar refractivity (Wildman–Crippen MR) is 114 cm³/mol. The van der Waals surface area contributed by atoms with Crippen molar-refractivity contribution in [3.63, 3.8) is 0 Å². The maximum absolute atomic E-state index is 13.4. The van der Waals surface area contributed by atoms with E-state index in [0.717, 1.165) is 15.7 Å². The molecule has 3 rings (SSSR count). The van der Waals surface area contributed by atoms with Crippen molar-refractivity contribution in [2.24, 2.45) is 11.1 Å². The highest BCUT2D eigenvalue weighted by Gasteiger charge is 2.44. The second-order valence-electron chi connectivity index (χ2n) is 8.18. The number of hydrogen-bond donors (Lipinski definition) is 1. The Labute approximate surface area is 180 Å². The summed E-state index contributed by atoms with van der Waals surface area (Å²) in [5.74, 6) is 0.491. The van der Waals surface area contributed by atoms with E-state index >= 15 is 0 Å². The topological polar surface area (TPSA) is 88.6 Å². The Kier molecular flexibility index (Phi) is 6.06. The van der Waals surface area contributed by atoms with E-state index in [1.807, 2.05) is 23.1 Å². The Balaban J connectivity index is 2.28. The number of hydrogen-bond acceptors (Lipinski definition) is 6. The standard InChI is InChI=1S/C22H26BrN3O3/c1-22(2)10-16-20(17(27)11-22)19(14-9-13(23)5-6-18(14)29-4)15(12-24)21(25)26(16)7-8-28-3/h5-6,9,19H,7-8,10-11,25H2,1-4H3/t19-/m1/s1. The molecule has 0 fully saturated rings. The summed E-state index contributed by atoms with van der Waals surface area (Å²) >= 11 is 3.50. The molecule has 1 aromatic rings. The van der Waals surface area contributed by atoms with Gasteiger partial charge in [0.1, 0.15) is 11.6 Å². The summed E-state index contributed by atoms with van der Waals surface area (Å²) in [5, 5.41) is 10.0. The number of halogens is 1. The lowest BCUT2D eigenvalue weighted by Gasteiger charge is -2.44. The molecule has 1 heterocycles. The number of carbonyl (C=O) groups is 1. The van der Waals surface area contributed by atoms with Gasteiger partial charge in [-0.15, -0.1) is 0 Å². The first-order chi connectivity index (χ1) is 13.7. The maximum atomic E-state index is 13.4. The summed E-state index contributed by atoms with van der Waals surface area (Å²) in [6.07, 6.45) is 1.12. The number of allylic oxidation sites excluding steroid dienone is 3. The zero-order valence-electron chi connectivity index (χ0n) is 17.2. The number of nitrogens with zero attached hydrogens (tertiary/aromatic N) is 2. The fourth-order valence-corrected chi connectivity index (χ4v) is 4.63. The first kappa shape index (κ1) is 21.4. The summed E-state index contributed by atoms with van der Waals surface area (Å²) in [5.41, 5.74) is 8.96. The first-order valence-corrected chi connectivity index (χ1v) is 10.3. The van der Waals surface area contributed by atoms with Gasteiger partial charge in [-0.1, -0.05) is 29.8 Å². The molecule has 2 aliphatic rings. The third-order valence-corrected chi connectivity index (χ3v) is 6.00. The van der Waals surface area contributed by atoms with E-state index in [1.165, 1.54) is 0 Å². The average Bonchev–Trinajstić information content (AvgIpc) is 2.65. The molecule has 0 aromatic heterocycles. The van der Waals surface area contributed by atoms with Crippen LogP contribution in [0.2, 0.25) is 0 Å². The number of benzene rings is 1. The highest BCUT2D eigenvalue weighted by Crippen LogP contribution is 2.50. The van der Waals surface area contributed by atoms with Gasteiger partial charge in [-0.3, -0.25) is 4.79 Å². The summed E-state index contributed by atoms with van der Waals surface area (Å²) in [6, 6.07) is 7.87. The Morgan fingerprint density at radius 2 is 2.07 bits per heavy atom. The fourth-order valence-electron chi connectivity index (χ4n) is 4.25. The lowest BCUT2D eigenvalue weighted by molar-refractivity contribution is -0.118. The molecule has 0 unspecified atom stereocenters. The molecular weight excluding hydrogens is 434 g/mol. The molecule has 1 aliphatic heterocycles. The van der Waals surface area contributed by atoms with Crippen LogP contribution in [0.4, 0.5) is 0 Å². The molecule has 0 amide bonds. The highest BCUT2D eigenvalue weighted by molar-refractivity contribution is 9.10. The van der Waals surface area contributed by atoms with Crippen molar-refractivity contribution in [1.82, 2.24) is 4.90 Å².